The number of hydrogen-bond acceptors (Lipinski definition) is 6. The third-order valence-electron chi connectivity index (χ3n) is 2.83. The van der Waals surface area contributed by atoms with Crippen molar-refractivity contribution < 1.29 is 19.0 Å². The molecule has 0 aromatic rings. The molecule has 0 aromatic heterocycles. The molecule has 0 bridgehead atoms. The van der Waals surface area contributed by atoms with Crippen LogP contribution in [0.2, 0.25) is 0 Å². The van der Waals surface area contributed by atoms with Gasteiger partial charge in [0.25, 0.3) is 0 Å². The molecule has 5 nitrogen and oxygen atoms in total. The molecule has 0 aromatic carbocycles. The Bertz CT molecular complexity index is 399. The van der Waals surface area contributed by atoms with Crippen LogP contribution < -0.4 is 10.8 Å². The van der Waals surface area contributed by atoms with E-state index in [4.69, 9.17) is 10.3 Å². The summed E-state index contributed by atoms with van der Waals surface area (Å²) in [7, 11) is -2.96. The highest BCUT2D eigenvalue weighted by Crippen LogP contribution is 2.49. The van der Waals surface area contributed by atoms with Crippen LogP contribution in [0, 0.1) is 5.92 Å². The SMILES string of the molecule is CCOP(=O)(C/C(=C\CCCSCCN)C(=O)[O-])CC(C)C. The summed E-state index contributed by atoms with van der Waals surface area (Å²) < 4.78 is 18.1. The Kier molecular flexibility index (Phi) is 12.0. The second-order valence-corrected chi connectivity index (χ2v) is 9.32. The first kappa shape index (κ1) is 21.7. The highest BCUT2D eigenvalue weighted by molar-refractivity contribution is 7.99. The average molecular weight is 350 g/mol. The van der Waals surface area contributed by atoms with E-state index in [1.54, 1.807) is 24.8 Å². The Labute approximate surface area is 138 Å². The Balaban J connectivity index is 4.64. The summed E-state index contributed by atoms with van der Waals surface area (Å²) in [6.45, 7) is 6.63. The van der Waals surface area contributed by atoms with Gasteiger partial charge >= 0.3 is 0 Å². The van der Waals surface area contributed by atoms with Crippen molar-refractivity contribution in [2.45, 2.75) is 33.6 Å². The monoisotopic (exact) mass is 350 g/mol. The summed E-state index contributed by atoms with van der Waals surface area (Å²) in [4.78, 5) is 11.3. The van der Waals surface area contributed by atoms with Gasteiger partial charge in [-0.1, -0.05) is 19.9 Å². The molecule has 0 rings (SSSR count). The van der Waals surface area contributed by atoms with Gasteiger partial charge in [0.2, 0.25) is 7.37 Å². The summed E-state index contributed by atoms with van der Waals surface area (Å²) in [5.41, 5.74) is 5.50. The number of carbonyl (C=O) groups excluding carboxylic acids is 1. The summed E-state index contributed by atoms with van der Waals surface area (Å²) in [5.74, 6) is 0.778. The van der Waals surface area contributed by atoms with E-state index in [-0.39, 0.29) is 17.7 Å². The van der Waals surface area contributed by atoms with Crippen LogP contribution in [-0.4, -0.2) is 43.0 Å². The number of rotatable bonds is 13. The lowest BCUT2D eigenvalue weighted by atomic mass is 10.2. The van der Waals surface area contributed by atoms with Crippen LogP contribution in [-0.2, 0) is 13.9 Å². The molecule has 7 heteroatoms. The van der Waals surface area contributed by atoms with Gasteiger partial charge in [-0.15, -0.1) is 0 Å². The van der Waals surface area contributed by atoms with Gasteiger partial charge < -0.3 is 20.2 Å². The van der Waals surface area contributed by atoms with Gasteiger partial charge in [-0.3, -0.25) is 4.57 Å². The number of thioether (sulfide) groups is 1. The van der Waals surface area contributed by atoms with Gasteiger partial charge in [-0.2, -0.15) is 11.8 Å². The van der Waals surface area contributed by atoms with Gasteiger partial charge in [-0.25, -0.2) is 0 Å². The van der Waals surface area contributed by atoms with E-state index in [0.717, 1.165) is 17.9 Å². The van der Waals surface area contributed by atoms with Crippen LogP contribution in [0.5, 0.6) is 0 Å². The molecule has 1 unspecified atom stereocenters. The second kappa shape index (κ2) is 12.2. The van der Waals surface area contributed by atoms with Crippen molar-refractivity contribution in [3.63, 3.8) is 0 Å². The highest BCUT2D eigenvalue weighted by Gasteiger charge is 2.25. The standard InChI is InChI=1S/C15H30NO4PS/c1-4-20-21(19,11-13(2)3)12-14(15(17)18)7-5-6-9-22-10-8-16/h7,13H,4-6,8-12,16H2,1-3H3,(H,17,18)/p-1/b14-7+. The van der Waals surface area contributed by atoms with Crippen molar-refractivity contribution in [1.29, 1.82) is 0 Å². The first-order chi connectivity index (χ1) is 10.3. The number of hydrogen-bond donors (Lipinski definition) is 1. The van der Waals surface area contributed by atoms with E-state index in [1.165, 1.54) is 0 Å². The minimum Gasteiger partial charge on any atom is -0.545 e. The molecule has 0 heterocycles. The largest absolute Gasteiger partial charge is 0.545 e. The van der Waals surface area contributed by atoms with Gasteiger partial charge in [-0.05, 0) is 37.0 Å². The van der Waals surface area contributed by atoms with E-state index in [1.807, 2.05) is 13.8 Å². The lowest BCUT2D eigenvalue weighted by Gasteiger charge is -2.21. The first-order valence-corrected chi connectivity index (χ1v) is 10.9. The van der Waals surface area contributed by atoms with Crippen LogP contribution >= 0.6 is 19.1 Å². The fraction of sp³-hybridized carbons (Fsp3) is 0.800. The summed E-state index contributed by atoms with van der Waals surface area (Å²) in [6, 6.07) is 0. The molecule has 0 aliphatic heterocycles. The summed E-state index contributed by atoms with van der Waals surface area (Å²) in [5, 5.41) is 11.3. The quantitative estimate of drug-likeness (QED) is 0.311. The molecule has 1 atom stereocenters. The van der Waals surface area contributed by atoms with Crippen LogP contribution in [0.4, 0.5) is 0 Å². The molecular weight excluding hydrogens is 321 g/mol. The smallest absolute Gasteiger partial charge is 0.207 e. The zero-order valence-corrected chi connectivity index (χ0v) is 15.6. The van der Waals surface area contributed by atoms with E-state index in [2.05, 4.69) is 0 Å². The van der Waals surface area contributed by atoms with E-state index in [9.17, 15) is 14.5 Å². The lowest BCUT2D eigenvalue weighted by molar-refractivity contribution is -0.299. The van der Waals surface area contributed by atoms with Crippen molar-refractivity contribution in [1.82, 2.24) is 0 Å². The topological polar surface area (TPSA) is 92.5 Å². The zero-order valence-electron chi connectivity index (χ0n) is 13.9. The number of nitrogens with two attached hydrogens (primary N) is 1. The maximum atomic E-state index is 12.7. The number of allylic oxidation sites excluding steroid dienone is 1. The Morgan fingerprint density at radius 2 is 2.09 bits per heavy atom. The van der Waals surface area contributed by atoms with E-state index < -0.39 is 13.3 Å². The minimum atomic E-state index is -2.96. The first-order valence-electron chi connectivity index (χ1n) is 7.75. The molecule has 0 radical (unpaired) electrons. The molecule has 2 N–H and O–H groups in total. The van der Waals surface area contributed by atoms with E-state index >= 15 is 0 Å². The minimum absolute atomic E-state index is 0.0443. The Morgan fingerprint density at radius 1 is 1.41 bits per heavy atom. The average Bonchev–Trinajstić information content (AvgIpc) is 2.40. The molecule has 22 heavy (non-hydrogen) atoms. The molecule has 0 saturated carbocycles. The molecule has 0 saturated heterocycles. The number of aliphatic carboxylic acids is 1. The number of carbonyl (C=O) groups is 1. The van der Waals surface area contributed by atoms with Gasteiger partial charge in [0.15, 0.2) is 0 Å². The third kappa shape index (κ3) is 10.4. The molecule has 0 spiro atoms. The van der Waals surface area contributed by atoms with Crippen LogP contribution in [0.3, 0.4) is 0 Å². The molecule has 0 amide bonds. The molecule has 0 fully saturated rings. The van der Waals surface area contributed by atoms with E-state index in [0.29, 0.717) is 25.7 Å². The Hall–Kier alpha value is -0.290. The van der Waals surface area contributed by atoms with Crippen molar-refractivity contribution >= 4 is 25.1 Å². The van der Waals surface area contributed by atoms with Crippen LogP contribution in [0.15, 0.2) is 11.6 Å². The summed E-state index contributed by atoms with van der Waals surface area (Å²) >= 11 is 1.75. The molecule has 130 valence electrons. The zero-order chi connectivity index (χ0) is 17.0. The fourth-order valence-electron chi connectivity index (χ4n) is 2.07. The van der Waals surface area contributed by atoms with Crippen molar-refractivity contribution in [2.24, 2.45) is 11.7 Å². The maximum Gasteiger partial charge on any atom is 0.207 e. The normalized spacial score (nSPS) is 15.0. The Morgan fingerprint density at radius 3 is 2.59 bits per heavy atom. The molecular formula is C15H29NO4PS-. The van der Waals surface area contributed by atoms with Crippen LogP contribution in [0.25, 0.3) is 0 Å². The van der Waals surface area contributed by atoms with Crippen molar-refractivity contribution in [2.75, 3.05) is 37.0 Å². The van der Waals surface area contributed by atoms with Crippen molar-refractivity contribution in [3.05, 3.63) is 11.6 Å². The predicted molar refractivity (Wildman–Crippen MR) is 92.5 cm³/mol. The molecule has 0 aliphatic rings. The van der Waals surface area contributed by atoms with Gasteiger partial charge in [0.1, 0.15) is 0 Å². The summed E-state index contributed by atoms with van der Waals surface area (Å²) in [6.07, 6.45) is 3.47. The number of carboxylic acids is 1. The lowest BCUT2D eigenvalue weighted by Crippen LogP contribution is -2.27. The van der Waals surface area contributed by atoms with Crippen molar-refractivity contribution in [3.8, 4) is 0 Å². The highest BCUT2D eigenvalue weighted by atomic mass is 32.2. The number of unbranched alkanes of at least 4 members (excludes halogenated alkanes) is 1. The second-order valence-electron chi connectivity index (χ2n) is 5.53. The molecule has 0 aliphatic carbocycles. The third-order valence-corrected chi connectivity index (χ3v) is 6.77. The van der Waals surface area contributed by atoms with Gasteiger partial charge in [0, 0.05) is 18.5 Å². The predicted octanol–water partition coefficient (Wildman–Crippen LogP) is 2.11. The maximum absolute atomic E-state index is 12.7. The fourth-order valence-corrected chi connectivity index (χ4v) is 5.50. The van der Waals surface area contributed by atoms with Gasteiger partial charge in [0.05, 0.1) is 18.7 Å². The van der Waals surface area contributed by atoms with Crippen LogP contribution in [0.1, 0.15) is 33.6 Å². The number of carboxylic acid groups (broad SMARTS) is 1.